The molecule has 2 nitrogen and oxygen atoms in total. The Bertz CT molecular complexity index is 813. The van der Waals surface area contributed by atoms with Crippen LogP contribution in [0.3, 0.4) is 0 Å². The van der Waals surface area contributed by atoms with Gasteiger partial charge in [-0.1, -0.05) is 62.9 Å². The molecular weight excluding hydrogens is 406 g/mol. The van der Waals surface area contributed by atoms with Gasteiger partial charge < -0.3 is 4.98 Å². The fourth-order valence-electron chi connectivity index (χ4n) is 2.10. The zero-order chi connectivity index (χ0) is 15.7. The smallest absolute Gasteiger partial charge is 0.111 e. The molecule has 0 aliphatic rings. The lowest BCUT2D eigenvalue weighted by molar-refractivity contribution is 1.03. The molecule has 0 atom stereocenters. The first-order valence-corrected chi connectivity index (χ1v) is 8.39. The van der Waals surface area contributed by atoms with Crippen LogP contribution in [0.5, 0.6) is 0 Å². The number of imidazole rings is 1. The van der Waals surface area contributed by atoms with Gasteiger partial charge >= 0.3 is 0 Å². The quantitative estimate of drug-likeness (QED) is 0.492. The number of benzene rings is 2. The van der Waals surface area contributed by atoms with E-state index in [1.807, 2.05) is 18.3 Å². The average molecular weight is 417 g/mol. The highest BCUT2D eigenvalue weighted by atomic mass is 79.9. The van der Waals surface area contributed by atoms with Crippen molar-refractivity contribution < 1.29 is 0 Å². The molecule has 22 heavy (non-hydrogen) atoms. The predicted molar refractivity (Wildman–Crippen MR) is 96.0 cm³/mol. The second-order valence-electron chi connectivity index (χ2n) is 4.78. The van der Waals surface area contributed by atoms with Gasteiger partial charge in [-0.25, -0.2) is 4.98 Å². The van der Waals surface area contributed by atoms with Crippen molar-refractivity contribution in [3.05, 3.63) is 73.5 Å². The van der Waals surface area contributed by atoms with Crippen molar-refractivity contribution in [1.29, 1.82) is 0 Å². The van der Waals surface area contributed by atoms with E-state index in [-0.39, 0.29) is 0 Å². The Labute approximate surface area is 151 Å². The minimum Gasteiger partial charge on any atom is -0.348 e. The lowest BCUT2D eigenvalue weighted by Gasteiger charge is -2.03. The number of nitrogens with zero attached hydrogens (tertiary/aromatic N) is 1. The summed E-state index contributed by atoms with van der Waals surface area (Å²) in [5, 5.41) is 1.41. The van der Waals surface area contributed by atoms with Crippen LogP contribution >= 0.6 is 50.7 Å². The van der Waals surface area contributed by atoms with Crippen LogP contribution in [0.4, 0.5) is 0 Å². The topological polar surface area (TPSA) is 28.7 Å². The molecule has 0 bridgehead atoms. The molecule has 0 radical (unpaired) electrons. The van der Waals surface area contributed by atoms with E-state index in [1.165, 1.54) is 5.56 Å². The molecule has 0 unspecified atom stereocenters. The molecule has 0 fully saturated rings. The molecule has 6 heteroatoms. The molecule has 0 saturated carbocycles. The lowest BCUT2D eigenvalue weighted by atomic mass is 10.1. The van der Waals surface area contributed by atoms with Gasteiger partial charge in [0.05, 0.1) is 20.8 Å². The number of hydrogen-bond acceptors (Lipinski definition) is 1. The Morgan fingerprint density at radius 1 is 0.955 bits per heavy atom. The van der Waals surface area contributed by atoms with Gasteiger partial charge in [0.1, 0.15) is 5.82 Å². The molecule has 1 aromatic heterocycles. The lowest BCUT2D eigenvalue weighted by Crippen LogP contribution is -1.90. The first-order chi connectivity index (χ1) is 10.5. The van der Waals surface area contributed by atoms with E-state index in [0.29, 0.717) is 21.5 Å². The first kappa shape index (κ1) is 15.9. The van der Waals surface area contributed by atoms with Crippen LogP contribution in [-0.2, 0) is 6.42 Å². The summed E-state index contributed by atoms with van der Waals surface area (Å²) in [6.07, 6.45) is 2.53. The highest BCUT2D eigenvalue weighted by Crippen LogP contribution is 2.34. The Morgan fingerprint density at radius 3 is 2.36 bits per heavy atom. The largest absolute Gasteiger partial charge is 0.348 e. The number of aromatic amines is 1. The van der Waals surface area contributed by atoms with Crippen LogP contribution in [0.15, 0.2) is 47.1 Å². The molecule has 1 heterocycles. The highest BCUT2D eigenvalue weighted by Gasteiger charge is 2.11. The molecule has 0 amide bonds. The monoisotopic (exact) mass is 414 g/mol. The van der Waals surface area contributed by atoms with Crippen LogP contribution in [0.25, 0.3) is 11.3 Å². The summed E-state index contributed by atoms with van der Waals surface area (Å²) in [5.41, 5.74) is 2.68. The van der Waals surface area contributed by atoms with E-state index >= 15 is 0 Å². The van der Waals surface area contributed by atoms with Gasteiger partial charge in [0.25, 0.3) is 0 Å². The van der Waals surface area contributed by atoms with Gasteiger partial charge in [-0.3, -0.25) is 0 Å². The Kier molecular flexibility index (Phi) is 4.79. The number of nitrogens with one attached hydrogen (secondary N) is 1. The number of halogens is 4. The molecule has 0 aliphatic carbocycles. The first-order valence-electron chi connectivity index (χ1n) is 6.46. The van der Waals surface area contributed by atoms with Crippen LogP contribution in [0, 0.1) is 0 Å². The van der Waals surface area contributed by atoms with Crippen molar-refractivity contribution >= 4 is 50.7 Å². The van der Waals surface area contributed by atoms with Crippen molar-refractivity contribution in [2.24, 2.45) is 0 Å². The second-order valence-corrected chi connectivity index (χ2v) is 6.92. The van der Waals surface area contributed by atoms with Gasteiger partial charge in [0.2, 0.25) is 0 Å². The molecule has 1 N–H and O–H groups in total. The third-order valence-corrected chi connectivity index (χ3v) is 4.77. The molecule has 0 aliphatic heterocycles. The number of aromatic nitrogens is 2. The van der Waals surface area contributed by atoms with Crippen molar-refractivity contribution in [2.45, 2.75) is 6.42 Å². The second kappa shape index (κ2) is 6.63. The van der Waals surface area contributed by atoms with E-state index < -0.39 is 0 Å². The van der Waals surface area contributed by atoms with Crippen LogP contribution in [0.2, 0.25) is 15.1 Å². The standard InChI is InChI=1S/C16H10BrCl3N2/c17-10-3-1-9(2-4-10)5-16-21-8-15(22-16)11-6-13(19)14(20)7-12(11)18/h1-4,6-8H,5H2,(H,21,22). The number of H-pyrrole nitrogens is 1. The summed E-state index contributed by atoms with van der Waals surface area (Å²) in [4.78, 5) is 7.75. The number of rotatable bonds is 3. The van der Waals surface area contributed by atoms with Crippen LogP contribution < -0.4 is 0 Å². The third-order valence-electron chi connectivity index (χ3n) is 3.20. The Morgan fingerprint density at radius 2 is 1.64 bits per heavy atom. The number of hydrogen-bond donors (Lipinski definition) is 1. The van der Waals surface area contributed by atoms with Crippen molar-refractivity contribution in [2.75, 3.05) is 0 Å². The third kappa shape index (κ3) is 3.49. The maximum atomic E-state index is 6.22. The fourth-order valence-corrected chi connectivity index (χ4v) is 3.01. The zero-order valence-corrected chi connectivity index (χ0v) is 15.1. The van der Waals surface area contributed by atoms with Gasteiger partial charge in [-0.05, 0) is 29.8 Å². The van der Waals surface area contributed by atoms with Crippen molar-refractivity contribution in [3.8, 4) is 11.3 Å². The fraction of sp³-hybridized carbons (Fsp3) is 0.0625. The van der Waals surface area contributed by atoms with Crippen molar-refractivity contribution in [1.82, 2.24) is 9.97 Å². The Hall–Kier alpha value is -1.00. The van der Waals surface area contributed by atoms with E-state index in [2.05, 4.69) is 38.0 Å². The predicted octanol–water partition coefficient (Wildman–Crippen LogP) is 6.39. The molecule has 3 rings (SSSR count). The van der Waals surface area contributed by atoms with E-state index in [4.69, 9.17) is 34.8 Å². The van der Waals surface area contributed by atoms with Gasteiger partial charge in [0, 0.05) is 22.7 Å². The minimum absolute atomic E-state index is 0.432. The SMILES string of the molecule is Clc1cc(Cl)c(-c2c[nH]c(Cc3ccc(Br)cc3)n2)cc1Cl. The molecule has 3 aromatic rings. The summed E-state index contributed by atoms with van der Waals surface area (Å²) in [7, 11) is 0. The van der Waals surface area contributed by atoms with Crippen LogP contribution in [0.1, 0.15) is 11.4 Å². The molecule has 112 valence electrons. The molecule has 0 spiro atoms. The summed E-state index contributed by atoms with van der Waals surface area (Å²) < 4.78 is 1.05. The van der Waals surface area contributed by atoms with E-state index in [9.17, 15) is 0 Å². The molecule has 0 saturated heterocycles. The maximum absolute atomic E-state index is 6.22. The summed E-state index contributed by atoms with van der Waals surface area (Å²) >= 11 is 21.6. The maximum Gasteiger partial charge on any atom is 0.111 e. The average Bonchev–Trinajstić information content (AvgIpc) is 2.93. The van der Waals surface area contributed by atoms with Gasteiger partial charge in [-0.15, -0.1) is 0 Å². The minimum atomic E-state index is 0.432. The van der Waals surface area contributed by atoms with Crippen molar-refractivity contribution in [3.63, 3.8) is 0 Å². The normalized spacial score (nSPS) is 10.9. The van der Waals surface area contributed by atoms with Gasteiger partial charge in [-0.2, -0.15) is 0 Å². The van der Waals surface area contributed by atoms with Crippen LogP contribution in [-0.4, -0.2) is 9.97 Å². The summed E-state index contributed by atoms with van der Waals surface area (Å²) in [5.74, 6) is 0.861. The summed E-state index contributed by atoms with van der Waals surface area (Å²) in [6.45, 7) is 0. The van der Waals surface area contributed by atoms with E-state index in [0.717, 1.165) is 21.6 Å². The summed E-state index contributed by atoms with van der Waals surface area (Å²) in [6, 6.07) is 11.5. The molecular formula is C16H10BrCl3N2. The Balaban J connectivity index is 1.87. The highest BCUT2D eigenvalue weighted by molar-refractivity contribution is 9.10. The van der Waals surface area contributed by atoms with E-state index in [1.54, 1.807) is 12.1 Å². The molecule has 2 aromatic carbocycles. The zero-order valence-electron chi connectivity index (χ0n) is 11.2. The van der Waals surface area contributed by atoms with Gasteiger partial charge in [0.15, 0.2) is 0 Å².